The highest BCUT2D eigenvalue weighted by molar-refractivity contribution is 7.92. The Morgan fingerprint density at radius 2 is 2.07 bits per heavy atom. The molecule has 1 aliphatic carbocycles. The number of H-pyrrole nitrogens is 1. The van der Waals surface area contributed by atoms with E-state index in [1.807, 2.05) is 0 Å². The second-order valence-corrected chi connectivity index (χ2v) is 9.47. The van der Waals surface area contributed by atoms with Crippen LogP contribution in [0, 0.1) is 11.7 Å². The molecular formula is C18H21FN4O4S. The predicted molar refractivity (Wildman–Crippen MR) is 100 cm³/mol. The number of amides is 1. The number of hydrogen-bond acceptors (Lipinski definition) is 5. The van der Waals surface area contributed by atoms with Crippen molar-refractivity contribution in [2.24, 2.45) is 5.92 Å². The number of phenols is 1. The summed E-state index contributed by atoms with van der Waals surface area (Å²) in [6.45, 7) is 3.69. The maximum atomic E-state index is 15.2. The smallest absolute Gasteiger partial charge is 0.326 e. The Balaban J connectivity index is 1.74. The Morgan fingerprint density at radius 3 is 2.64 bits per heavy atom. The highest BCUT2D eigenvalue weighted by Gasteiger charge is 2.46. The van der Waals surface area contributed by atoms with Gasteiger partial charge in [0.15, 0.2) is 5.82 Å². The summed E-state index contributed by atoms with van der Waals surface area (Å²) in [6, 6.07) is 4.33. The van der Waals surface area contributed by atoms with Gasteiger partial charge in [-0.25, -0.2) is 13.4 Å². The lowest BCUT2D eigenvalue weighted by molar-refractivity contribution is -0.117. The number of nitrogens with zero attached hydrogens (tertiary/aromatic N) is 2. The molecule has 2 aliphatic rings. The number of carbonyl (C=O) groups is 1. The molecule has 1 amide bonds. The summed E-state index contributed by atoms with van der Waals surface area (Å²) in [5.41, 5.74) is 0.764. The molecule has 0 spiro atoms. The maximum Gasteiger partial charge on any atom is 0.326 e. The number of benzene rings is 1. The molecule has 0 radical (unpaired) electrons. The van der Waals surface area contributed by atoms with E-state index in [2.05, 4.69) is 24.0 Å². The van der Waals surface area contributed by atoms with Crippen molar-refractivity contribution >= 4 is 21.8 Å². The Bertz CT molecular complexity index is 1060. The van der Waals surface area contributed by atoms with Crippen LogP contribution in [0.3, 0.4) is 0 Å². The van der Waals surface area contributed by atoms with Crippen LogP contribution >= 0.6 is 0 Å². The molecule has 3 N–H and O–H groups in total. The summed E-state index contributed by atoms with van der Waals surface area (Å²) in [7, 11) is -4.25. The van der Waals surface area contributed by atoms with E-state index >= 15 is 4.39 Å². The zero-order valence-corrected chi connectivity index (χ0v) is 16.3. The average molecular weight is 408 g/mol. The molecule has 1 aromatic carbocycles. The van der Waals surface area contributed by atoms with Gasteiger partial charge in [0, 0.05) is 11.0 Å². The molecule has 4 rings (SSSR count). The van der Waals surface area contributed by atoms with Crippen molar-refractivity contribution < 1.29 is 22.7 Å². The van der Waals surface area contributed by atoms with Crippen LogP contribution in [0.15, 0.2) is 18.2 Å². The quantitative estimate of drug-likeness (QED) is 0.701. The zero-order valence-electron chi connectivity index (χ0n) is 15.5. The van der Waals surface area contributed by atoms with Crippen LogP contribution in [0.5, 0.6) is 5.75 Å². The fourth-order valence-electron chi connectivity index (χ4n) is 3.87. The van der Waals surface area contributed by atoms with E-state index in [0.29, 0.717) is 15.9 Å². The second kappa shape index (κ2) is 6.20. The molecule has 1 saturated carbocycles. The first-order valence-electron chi connectivity index (χ1n) is 9.04. The normalized spacial score (nSPS) is 19.9. The van der Waals surface area contributed by atoms with Crippen LogP contribution in [0.4, 0.5) is 10.1 Å². The molecule has 1 saturated heterocycles. The summed E-state index contributed by atoms with van der Waals surface area (Å²) in [4.78, 5) is 11.5. The number of halogens is 1. The van der Waals surface area contributed by atoms with Gasteiger partial charge >= 0.3 is 10.2 Å². The van der Waals surface area contributed by atoms with E-state index in [9.17, 15) is 18.3 Å². The van der Waals surface area contributed by atoms with Gasteiger partial charge in [0.05, 0.1) is 11.4 Å². The Labute approximate surface area is 161 Å². The molecule has 2 fully saturated rings. The first kappa shape index (κ1) is 18.7. The first-order valence-corrected chi connectivity index (χ1v) is 10.5. The SMILES string of the molecule is CC(C)CC1(c2cc(-c3ccc(O)c(N4CC(=O)NS4(=O)=O)c3F)[nH]n2)CC1. The number of aromatic nitrogens is 2. The van der Waals surface area contributed by atoms with E-state index < -0.39 is 39.9 Å². The minimum atomic E-state index is -4.25. The summed E-state index contributed by atoms with van der Waals surface area (Å²) in [6.07, 6.45) is 3.04. The second-order valence-electron chi connectivity index (χ2n) is 7.88. The number of carbonyl (C=O) groups excluding carboxylic acids is 1. The van der Waals surface area contributed by atoms with Crippen LogP contribution in [-0.4, -0.2) is 36.2 Å². The lowest BCUT2D eigenvalue weighted by atomic mass is 9.91. The van der Waals surface area contributed by atoms with Crippen LogP contribution in [0.2, 0.25) is 0 Å². The van der Waals surface area contributed by atoms with Crippen molar-refractivity contribution in [3.63, 3.8) is 0 Å². The Kier molecular flexibility index (Phi) is 4.14. The lowest BCUT2D eigenvalue weighted by Crippen LogP contribution is -2.30. The van der Waals surface area contributed by atoms with Gasteiger partial charge in [0.25, 0.3) is 5.91 Å². The molecule has 0 bridgehead atoms. The molecule has 10 heteroatoms. The summed E-state index contributed by atoms with van der Waals surface area (Å²) >= 11 is 0. The third-order valence-electron chi connectivity index (χ3n) is 5.23. The van der Waals surface area contributed by atoms with Gasteiger partial charge in [0.1, 0.15) is 18.0 Å². The third kappa shape index (κ3) is 3.01. The number of aromatic amines is 1. The van der Waals surface area contributed by atoms with Crippen LogP contribution in [0.1, 0.15) is 38.8 Å². The molecule has 8 nitrogen and oxygen atoms in total. The molecule has 0 atom stereocenters. The minimum Gasteiger partial charge on any atom is -0.506 e. The highest BCUT2D eigenvalue weighted by atomic mass is 32.2. The van der Waals surface area contributed by atoms with Crippen LogP contribution in [-0.2, 0) is 20.4 Å². The standard InChI is InChI=1S/C18H21FN4O4S/c1-10(2)8-18(5-6-18)14-7-12(20-21-14)11-3-4-13(24)17(16(11)19)23-9-15(25)22-28(23,26)27/h3-4,7,10,24H,5-6,8-9H2,1-2H3,(H,20,21)(H,22,25). The van der Waals surface area contributed by atoms with Crippen LogP contribution in [0.25, 0.3) is 11.3 Å². The van der Waals surface area contributed by atoms with E-state index in [-0.39, 0.29) is 11.0 Å². The zero-order chi connectivity index (χ0) is 20.3. The fraction of sp³-hybridized carbons (Fsp3) is 0.444. The number of phenolic OH excluding ortho intramolecular Hbond substituents is 1. The van der Waals surface area contributed by atoms with E-state index in [1.165, 1.54) is 12.1 Å². The molecule has 2 aromatic rings. The molecular weight excluding hydrogens is 387 g/mol. The Morgan fingerprint density at radius 1 is 1.36 bits per heavy atom. The van der Waals surface area contributed by atoms with E-state index in [4.69, 9.17) is 0 Å². The summed E-state index contributed by atoms with van der Waals surface area (Å²) in [5.74, 6) is -1.80. The van der Waals surface area contributed by atoms with Gasteiger partial charge in [0.2, 0.25) is 0 Å². The molecule has 2 heterocycles. The van der Waals surface area contributed by atoms with Crippen molar-refractivity contribution in [3.05, 3.63) is 29.7 Å². The molecule has 1 aliphatic heterocycles. The van der Waals surface area contributed by atoms with Gasteiger partial charge in [-0.2, -0.15) is 13.5 Å². The minimum absolute atomic E-state index is 0.00771. The van der Waals surface area contributed by atoms with Crippen molar-refractivity contribution in [2.75, 3.05) is 10.8 Å². The van der Waals surface area contributed by atoms with Gasteiger partial charge in [-0.1, -0.05) is 13.8 Å². The van der Waals surface area contributed by atoms with Gasteiger partial charge in [-0.05, 0) is 43.4 Å². The Hall–Kier alpha value is -2.62. The number of rotatable bonds is 5. The largest absolute Gasteiger partial charge is 0.506 e. The van der Waals surface area contributed by atoms with Crippen molar-refractivity contribution in [1.82, 2.24) is 14.9 Å². The third-order valence-corrected chi connectivity index (χ3v) is 6.61. The summed E-state index contributed by atoms with van der Waals surface area (Å²) < 4.78 is 41.7. The van der Waals surface area contributed by atoms with Crippen molar-refractivity contribution in [1.29, 1.82) is 0 Å². The number of anilines is 1. The van der Waals surface area contributed by atoms with Gasteiger partial charge < -0.3 is 5.11 Å². The fourth-order valence-corrected chi connectivity index (χ4v) is 5.04. The molecule has 1 aromatic heterocycles. The number of hydrogen-bond donors (Lipinski definition) is 3. The number of nitrogens with one attached hydrogen (secondary N) is 2. The van der Waals surface area contributed by atoms with Crippen molar-refractivity contribution in [2.45, 2.75) is 38.5 Å². The first-order chi connectivity index (χ1) is 13.1. The van der Waals surface area contributed by atoms with Crippen LogP contribution < -0.4 is 9.03 Å². The topological polar surface area (TPSA) is 115 Å². The number of aromatic hydroxyl groups is 1. The van der Waals surface area contributed by atoms with Gasteiger partial charge in [-0.15, -0.1) is 0 Å². The monoisotopic (exact) mass is 408 g/mol. The predicted octanol–water partition coefficient (Wildman–Crippen LogP) is 2.18. The highest BCUT2D eigenvalue weighted by Crippen LogP contribution is 2.52. The summed E-state index contributed by atoms with van der Waals surface area (Å²) in [5, 5.41) is 17.3. The molecule has 28 heavy (non-hydrogen) atoms. The van der Waals surface area contributed by atoms with Crippen molar-refractivity contribution in [3.8, 4) is 17.0 Å². The molecule has 150 valence electrons. The lowest BCUT2D eigenvalue weighted by Gasteiger charge is -2.18. The molecule has 0 unspecified atom stereocenters. The van der Waals surface area contributed by atoms with Gasteiger partial charge in [-0.3, -0.25) is 9.89 Å². The van der Waals surface area contributed by atoms with E-state index in [1.54, 1.807) is 10.8 Å². The maximum absolute atomic E-state index is 15.2. The average Bonchev–Trinajstić information content (AvgIpc) is 3.07. The van der Waals surface area contributed by atoms with E-state index in [0.717, 1.165) is 25.0 Å².